The standard InChI is InChI=1S/C31H28F3N7O2/c1-4-38-16-13-23(14-17-38)20(2)37-29(42)40-28(27-12-15-36-41(27)25-10-8-22(19-35)9-11-25)21(3)39(30(40)43)26-7-5-6-24(18-26)31(32,33)34/h5-16,18,20H,4,17H2,1-3H3,(H,37,42). The number of halogens is 3. The molecule has 0 radical (unpaired) electrons. The Bertz CT molecular complexity index is 1840. The number of carbonyl (C=O) groups is 1. The summed E-state index contributed by atoms with van der Waals surface area (Å²) in [5, 5.41) is 16.4. The molecule has 1 amide bonds. The van der Waals surface area contributed by atoms with Gasteiger partial charge in [0.2, 0.25) is 0 Å². The second-order valence-corrected chi connectivity index (χ2v) is 10.0. The Kier molecular flexibility index (Phi) is 7.82. The summed E-state index contributed by atoms with van der Waals surface area (Å²) in [6, 6.07) is 13.4. The summed E-state index contributed by atoms with van der Waals surface area (Å²) in [5.41, 5.74) is 0.765. The molecule has 1 unspecified atom stereocenters. The summed E-state index contributed by atoms with van der Waals surface area (Å²) in [6.45, 7) is 6.88. The van der Waals surface area contributed by atoms with Crippen molar-refractivity contribution in [1.29, 1.82) is 5.26 Å². The molecule has 0 fully saturated rings. The molecule has 12 heteroatoms. The van der Waals surface area contributed by atoms with E-state index in [0.717, 1.165) is 33.4 Å². The zero-order valence-electron chi connectivity index (χ0n) is 23.6. The van der Waals surface area contributed by atoms with Gasteiger partial charge in [0, 0.05) is 13.1 Å². The molecule has 0 bridgehead atoms. The van der Waals surface area contributed by atoms with Crippen molar-refractivity contribution in [1.82, 2.24) is 29.1 Å². The van der Waals surface area contributed by atoms with E-state index in [-0.39, 0.29) is 17.1 Å². The third-order valence-electron chi connectivity index (χ3n) is 7.33. The van der Waals surface area contributed by atoms with Crippen LogP contribution >= 0.6 is 0 Å². The lowest BCUT2D eigenvalue weighted by atomic mass is 10.1. The number of benzene rings is 2. The summed E-state index contributed by atoms with van der Waals surface area (Å²) in [5.74, 6) is 0. The van der Waals surface area contributed by atoms with E-state index in [0.29, 0.717) is 23.5 Å². The van der Waals surface area contributed by atoms with Crippen LogP contribution in [0.1, 0.15) is 30.7 Å². The highest BCUT2D eigenvalue weighted by molar-refractivity contribution is 5.84. The fraction of sp³-hybridized carbons (Fsp3) is 0.226. The fourth-order valence-electron chi connectivity index (χ4n) is 5.02. The van der Waals surface area contributed by atoms with E-state index in [1.807, 2.05) is 25.3 Å². The number of alkyl halides is 3. The number of carbonyl (C=O) groups excluding carboxylic acids is 1. The van der Waals surface area contributed by atoms with Crippen molar-refractivity contribution in [2.24, 2.45) is 0 Å². The minimum Gasteiger partial charge on any atom is -0.374 e. The third kappa shape index (κ3) is 5.61. The van der Waals surface area contributed by atoms with Gasteiger partial charge in [0.15, 0.2) is 0 Å². The number of nitriles is 1. The molecule has 0 aliphatic carbocycles. The van der Waals surface area contributed by atoms with Crippen molar-refractivity contribution < 1.29 is 18.0 Å². The summed E-state index contributed by atoms with van der Waals surface area (Å²) in [4.78, 5) is 29.9. The van der Waals surface area contributed by atoms with Crippen LogP contribution in [0, 0.1) is 18.3 Å². The van der Waals surface area contributed by atoms with Crippen LogP contribution in [0.15, 0.2) is 89.5 Å². The molecule has 43 heavy (non-hydrogen) atoms. The van der Waals surface area contributed by atoms with E-state index in [2.05, 4.69) is 21.4 Å². The smallest absolute Gasteiger partial charge is 0.374 e. The predicted octanol–water partition coefficient (Wildman–Crippen LogP) is 5.41. The molecule has 1 N–H and O–H groups in total. The van der Waals surface area contributed by atoms with Gasteiger partial charge in [-0.3, -0.25) is 4.57 Å². The van der Waals surface area contributed by atoms with Crippen molar-refractivity contribution in [3.8, 4) is 28.8 Å². The molecule has 2 aromatic heterocycles. The van der Waals surface area contributed by atoms with E-state index in [9.17, 15) is 28.0 Å². The minimum atomic E-state index is -4.63. The maximum atomic E-state index is 14.0. The molecular formula is C31H28F3N7O2. The van der Waals surface area contributed by atoms with Crippen molar-refractivity contribution in [3.63, 3.8) is 0 Å². The van der Waals surface area contributed by atoms with Crippen LogP contribution in [0.3, 0.4) is 0 Å². The molecule has 3 heterocycles. The van der Waals surface area contributed by atoms with Crippen molar-refractivity contribution >= 4 is 6.03 Å². The first-order valence-electron chi connectivity index (χ1n) is 13.5. The van der Waals surface area contributed by atoms with Gasteiger partial charge in [-0.1, -0.05) is 12.1 Å². The fourth-order valence-corrected chi connectivity index (χ4v) is 5.02. The van der Waals surface area contributed by atoms with Gasteiger partial charge in [0.05, 0.1) is 52.2 Å². The number of rotatable bonds is 6. The third-order valence-corrected chi connectivity index (χ3v) is 7.33. The monoisotopic (exact) mass is 587 g/mol. The van der Waals surface area contributed by atoms with E-state index in [4.69, 9.17) is 0 Å². The van der Waals surface area contributed by atoms with E-state index < -0.39 is 29.5 Å². The molecule has 9 nitrogen and oxygen atoms in total. The Labute approximate surface area is 245 Å². The maximum Gasteiger partial charge on any atom is 0.416 e. The number of hydrogen-bond acceptors (Lipinski definition) is 5. The maximum absolute atomic E-state index is 14.0. The van der Waals surface area contributed by atoms with Gasteiger partial charge in [-0.25, -0.2) is 18.8 Å². The SMILES string of the molecule is CCN1C=CC(C(C)NC(=O)n2c(-c3ccnn3-c3ccc(C#N)cc3)c(C)n(-c3cccc(C(F)(F)F)c3)c2=O)=CC1. The first-order valence-corrected chi connectivity index (χ1v) is 13.5. The number of likely N-dealkylation sites (N-methyl/N-ethyl adjacent to an activating group) is 1. The lowest BCUT2D eigenvalue weighted by Crippen LogP contribution is -2.42. The minimum absolute atomic E-state index is 0.0415. The number of hydrogen-bond donors (Lipinski definition) is 1. The number of nitrogens with one attached hydrogen (secondary N) is 1. The van der Waals surface area contributed by atoms with Gasteiger partial charge in [0.1, 0.15) is 5.69 Å². The first kappa shape index (κ1) is 29.2. The van der Waals surface area contributed by atoms with Gasteiger partial charge in [-0.05, 0) is 87.2 Å². The largest absolute Gasteiger partial charge is 0.416 e. The number of aromatic nitrogens is 4. The van der Waals surface area contributed by atoms with Gasteiger partial charge in [0.25, 0.3) is 0 Å². The molecule has 0 saturated heterocycles. The van der Waals surface area contributed by atoms with Crippen LogP contribution in [-0.4, -0.2) is 49.0 Å². The van der Waals surface area contributed by atoms with Crippen LogP contribution in [0.5, 0.6) is 0 Å². The lowest BCUT2D eigenvalue weighted by molar-refractivity contribution is -0.137. The summed E-state index contributed by atoms with van der Waals surface area (Å²) in [6.07, 6.45) is 2.66. The van der Waals surface area contributed by atoms with Gasteiger partial charge in [-0.15, -0.1) is 0 Å². The second kappa shape index (κ2) is 11.5. The summed E-state index contributed by atoms with van der Waals surface area (Å²) >= 11 is 0. The Morgan fingerprint density at radius 2 is 1.88 bits per heavy atom. The molecule has 1 aliphatic rings. The van der Waals surface area contributed by atoms with E-state index in [1.165, 1.54) is 23.0 Å². The number of nitrogens with zero attached hydrogens (tertiary/aromatic N) is 6. The Morgan fingerprint density at radius 1 is 1.14 bits per heavy atom. The molecule has 5 rings (SSSR count). The Balaban J connectivity index is 1.65. The average molecular weight is 588 g/mol. The summed E-state index contributed by atoms with van der Waals surface area (Å²) in [7, 11) is 0. The molecule has 0 spiro atoms. The molecule has 1 atom stereocenters. The molecule has 4 aromatic rings. The quantitative estimate of drug-likeness (QED) is 0.325. The molecule has 2 aromatic carbocycles. The highest BCUT2D eigenvalue weighted by Crippen LogP contribution is 2.32. The number of imidazole rings is 1. The highest BCUT2D eigenvalue weighted by atomic mass is 19.4. The van der Waals surface area contributed by atoms with Crippen LogP contribution in [-0.2, 0) is 6.18 Å². The van der Waals surface area contributed by atoms with E-state index in [1.54, 1.807) is 44.2 Å². The lowest BCUT2D eigenvalue weighted by Gasteiger charge is -2.24. The average Bonchev–Trinajstić information content (AvgIpc) is 3.58. The van der Waals surface area contributed by atoms with Crippen LogP contribution < -0.4 is 11.0 Å². The van der Waals surface area contributed by atoms with Crippen molar-refractivity contribution in [3.05, 3.63) is 112 Å². The molecular weight excluding hydrogens is 559 g/mol. The van der Waals surface area contributed by atoms with Crippen molar-refractivity contribution in [2.45, 2.75) is 33.0 Å². The zero-order chi connectivity index (χ0) is 30.9. The first-order chi connectivity index (χ1) is 20.5. The Morgan fingerprint density at radius 3 is 2.51 bits per heavy atom. The Hall–Kier alpha value is -5.31. The van der Waals surface area contributed by atoms with Gasteiger partial charge in [-0.2, -0.15) is 23.5 Å². The molecule has 1 aliphatic heterocycles. The van der Waals surface area contributed by atoms with Crippen LogP contribution in [0.25, 0.3) is 22.8 Å². The summed E-state index contributed by atoms with van der Waals surface area (Å²) < 4.78 is 44.3. The predicted molar refractivity (Wildman–Crippen MR) is 155 cm³/mol. The molecule has 220 valence electrons. The van der Waals surface area contributed by atoms with Crippen molar-refractivity contribution in [2.75, 3.05) is 13.1 Å². The highest BCUT2D eigenvalue weighted by Gasteiger charge is 2.32. The molecule has 0 saturated carbocycles. The van der Waals surface area contributed by atoms with Crippen LogP contribution in [0.2, 0.25) is 0 Å². The number of amides is 1. The van der Waals surface area contributed by atoms with Gasteiger partial charge >= 0.3 is 17.9 Å². The van der Waals surface area contributed by atoms with Gasteiger partial charge < -0.3 is 10.2 Å². The van der Waals surface area contributed by atoms with Crippen LogP contribution in [0.4, 0.5) is 18.0 Å². The van der Waals surface area contributed by atoms with E-state index >= 15 is 0 Å². The normalized spacial score (nSPS) is 13.9. The second-order valence-electron chi connectivity index (χ2n) is 10.0. The zero-order valence-corrected chi connectivity index (χ0v) is 23.6. The topological polar surface area (TPSA) is 101 Å².